The molecular formula is C23H25N3O4. The van der Waals surface area contributed by atoms with Gasteiger partial charge in [0.25, 0.3) is 11.5 Å². The van der Waals surface area contributed by atoms with Crippen molar-refractivity contribution in [3.8, 4) is 0 Å². The van der Waals surface area contributed by atoms with Gasteiger partial charge in [0.2, 0.25) is 0 Å². The van der Waals surface area contributed by atoms with Crippen LogP contribution in [0, 0.1) is 13.8 Å². The lowest BCUT2D eigenvalue weighted by Gasteiger charge is -2.15. The van der Waals surface area contributed by atoms with Crippen molar-refractivity contribution in [2.24, 2.45) is 7.05 Å². The number of carbonyl (C=O) groups excluding carboxylic acids is 2. The molecule has 0 aliphatic rings. The lowest BCUT2D eigenvalue weighted by Crippen LogP contribution is -2.30. The molecule has 3 rings (SSSR count). The normalized spacial score (nSPS) is 11.9. The van der Waals surface area contributed by atoms with Crippen LogP contribution >= 0.6 is 0 Å². The highest BCUT2D eigenvalue weighted by molar-refractivity contribution is 5.95. The molecule has 0 fully saturated rings. The van der Waals surface area contributed by atoms with Crippen molar-refractivity contribution in [3.63, 3.8) is 0 Å². The first-order chi connectivity index (χ1) is 14.3. The molecule has 0 spiro atoms. The van der Waals surface area contributed by atoms with E-state index in [2.05, 4.69) is 10.3 Å². The Morgan fingerprint density at radius 1 is 1.17 bits per heavy atom. The van der Waals surface area contributed by atoms with E-state index in [1.807, 2.05) is 38.1 Å². The van der Waals surface area contributed by atoms with Gasteiger partial charge in [-0.1, -0.05) is 24.3 Å². The molecule has 1 N–H and O–H groups in total. The molecule has 3 aromatic rings. The van der Waals surface area contributed by atoms with Gasteiger partial charge in [0.1, 0.15) is 5.82 Å². The molecule has 1 heterocycles. The standard InChI is InChI=1S/C23H25N3O4/c1-14-9-10-15(2)19(13-14)25-22(28)16(3)30-21(27)12-11-20-24-18-8-6-5-7-17(18)23(29)26(20)4/h5-10,13,16H,11-12H2,1-4H3,(H,25,28)/t16-/m1/s1. The van der Waals surface area contributed by atoms with E-state index in [1.54, 1.807) is 25.2 Å². The number of hydrogen-bond acceptors (Lipinski definition) is 5. The molecule has 1 atom stereocenters. The SMILES string of the molecule is Cc1ccc(C)c(NC(=O)[C@@H](C)OC(=O)CCc2nc3ccccc3c(=O)n2C)c1. The number of fused-ring (bicyclic) bond motifs is 1. The summed E-state index contributed by atoms with van der Waals surface area (Å²) in [7, 11) is 1.63. The van der Waals surface area contributed by atoms with Crippen molar-refractivity contribution < 1.29 is 14.3 Å². The van der Waals surface area contributed by atoms with Crippen LogP contribution in [0.4, 0.5) is 5.69 Å². The first-order valence-electron chi connectivity index (χ1n) is 9.78. The van der Waals surface area contributed by atoms with Crippen LogP contribution in [-0.2, 0) is 27.8 Å². The molecule has 1 amide bonds. The maximum atomic E-state index is 12.4. The fourth-order valence-corrected chi connectivity index (χ4v) is 3.12. The number of rotatable bonds is 6. The smallest absolute Gasteiger partial charge is 0.307 e. The zero-order valence-electron chi connectivity index (χ0n) is 17.6. The lowest BCUT2D eigenvalue weighted by atomic mass is 10.1. The van der Waals surface area contributed by atoms with Crippen molar-refractivity contribution >= 4 is 28.5 Å². The van der Waals surface area contributed by atoms with Crippen LogP contribution in [0.2, 0.25) is 0 Å². The molecular weight excluding hydrogens is 382 g/mol. The van der Waals surface area contributed by atoms with Crippen LogP contribution in [0.25, 0.3) is 10.9 Å². The van der Waals surface area contributed by atoms with Crippen molar-refractivity contribution in [1.82, 2.24) is 9.55 Å². The van der Waals surface area contributed by atoms with Crippen LogP contribution in [0.15, 0.2) is 47.3 Å². The van der Waals surface area contributed by atoms with Gasteiger partial charge in [0, 0.05) is 19.2 Å². The van der Waals surface area contributed by atoms with E-state index < -0.39 is 18.0 Å². The fourth-order valence-electron chi connectivity index (χ4n) is 3.12. The molecule has 1 aromatic heterocycles. The predicted molar refractivity (Wildman–Crippen MR) is 115 cm³/mol. The maximum Gasteiger partial charge on any atom is 0.307 e. The predicted octanol–water partition coefficient (Wildman–Crippen LogP) is 3.05. The molecule has 0 bridgehead atoms. The molecule has 156 valence electrons. The summed E-state index contributed by atoms with van der Waals surface area (Å²) in [6.45, 7) is 5.36. The number of carbonyl (C=O) groups is 2. The average Bonchev–Trinajstić information content (AvgIpc) is 2.72. The summed E-state index contributed by atoms with van der Waals surface area (Å²) < 4.78 is 6.70. The Morgan fingerprint density at radius 3 is 2.67 bits per heavy atom. The molecule has 7 nitrogen and oxygen atoms in total. The van der Waals surface area contributed by atoms with Crippen molar-refractivity contribution in [2.75, 3.05) is 5.32 Å². The number of ether oxygens (including phenoxy) is 1. The van der Waals surface area contributed by atoms with Gasteiger partial charge in [-0.15, -0.1) is 0 Å². The van der Waals surface area contributed by atoms with E-state index in [1.165, 1.54) is 11.5 Å². The number of hydrogen-bond donors (Lipinski definition) is 1. The van der Waals surface area contributed by atoms with E-state index >= 15 is 0 Å². The topological polar surface area (TPSA) is 90.3 Å². The van der Waals surface area contributed by atoms with Crippen molar-refractivity contribution in [1.29, 1.82) is 0 Å². The summed E-state index contributed by atoms with van der Waals surface area (Å²) >= 11 is 0. The Balaban J connectivity index is 1.61. The largest absolute Gasteiger partial charge is 0.453 e. The van der Waals surface area contributed by atoms with Gasteiger partial charge in [-0.3, -0.25) is 19.0 Å². The highest BCUT2D eigenvalue weighted by Crippen LogP contribution is 2.17. The zero-order valence-corrected chi connectivity index (χ0v) is 17.6. The highest BCUT2D eigenvalue weighted by atomic mass is 16.5. The van der Waals surface area contributed by atoms with E-state index in [4.69, 9.17) is 4.74 Å². The Kier molecular flexibility index (Phi) is 6.30. The Morgan fingerprint density at radius 2 is 1.90 bits per heavy atom. The molecule has 7 heteroatoms. The quantitative estimate of drug-likeness (QED) is 0.634. The van der Waals surface area contributed by atoms with Crippen LogP contribution in [0.3, 0.4) is 0 Å². The number of esters is 1. The van der Waals surface area contributed by atoms with Gasteiger partial charge in [-0.25, -0.2) is 4.98 Å². The van der Waals surface area contributed by atoms with Gasteiger partial charge in [-0.2, -0.15) is 0 Å². The molecule has 0 aliphatic carbocycles. The third-order valence-electron chi connectivity index (χ3n) is 4.96. The van der Waals surface area contributed by atoms with Crippen LogP contribution in [0.1, 0.15) is 30.3 Å². The minimum Gasteiger partial charge on any atom is -0.453 e. The second-order valence-corrected chi connectivity index (χ2v) is 7.35. The van der Waals surface area contributed by atoms with Crippen molar-refractivity contribution in [2.45, 2.75) is 39.7 Å². The highest BCUT2D eigenvalue weighted by Gasteiger charge is 2.19. The Labute approximate surface area is 174 Å². The van der Waals surface area contributed by atoms with E-state index in [9.17, 15) is 14.4 Å². The van der Waals surface area contributed by atoms with E-state index in [0.717, 1.165) is 11.1 Å². The number of nitrogens with one attached hydrogen (secondary N) is 1. The first-order valence-corrected chi connectivity index (χ1v) is 9.78. The number of aromatic nitrogens is 2. The molecule has 0 unspecified atom stereocenters. The summed E-state index contributed by atoms with van der Waals surface area (Å²) in [6.07, 6.45) is -0.689. The fraction of sp³-hybridized carbons (Fsp3) is 0.304. The average molecular weight is 407 g/mol. The Bertz CT molecular complexity index is 1170. The van der Waals surface area contributed by atoms with Crippen LogP contribution < -0.4 is 10.9 Å². The summed E-state index contributed by atoms with van der Waals surface area (Å²) in [5, 5.41) is 3.32. The van der Waals surface area contributed by atoms with Gasteiger partial charge in [-0.05, 0) is 50.1 Å². The van der Waals surface area contributed by atoms with Crippen LogP contribution in [-0.4, -0.2) is 27.5 Å². The summed E-state index contributed by atoms with van der Waals surface area (Å²) in [6, 6.07) is 12.8. The third-order valence-corrected chi connectivity index (χ3v) is 4.96. The van der Waals surface area contributed by atoms with E-state index in [0.29, 0.717) is 22.4 Å². The molecule has 0 saturated heterocycles. The number of para-hydroxylation sites is 1. The molecule has 2 aromatic carbocycles. The summed E-state index contributed by atoms with van der Waals surface area (Å²) in [5.41, 5.74) is 3.07. The van der Waals surface area contributed by atoms with Gasteiger partial charge in [0.05, 0.1) is 17.3 Å². The second-order valence-electron chi connectivity index (χ2n) is 7.35. The Hall–Kier alpha value is -3.48. The van der Waals surface area contributed by atoms with Gasteiger partial charge < -0.3 is 10.1 Å². The molecule has 0 aliphatic heterocycles. The monoisotopic (exact) mass is 407 g/mol. The number of anilines is 1. The zero-order chi connectivity index (χ0) is 21.8. The molecule has 0 saturated carbocycles. The molecule has 0 radical (unpaired) electrons. The lowest BCUT2D eigenvalue weighted by molar-refractivity contribution is -0.153. The summed E-state index contributed by atoms with van der Waals surface area (Å²) in [4.78, 5) is 41.5. The number of aryl methyl sites for hydroxylation is 3. The second kappa shape index (κ2) is 8.90. The van der Waals surface area contributed by atoms with Crippen molar-refractivity contribution in [3.05, 3.63) is 69.8 Å². The van der Waals surface area contributed by atoms with Crippen LogP contribution in [0.5, 0.6) is 0 Å². The minimum absolute atomic E-state index is 0.0136. The molecule has 30 heavy (non-hydrogen) atoms. The first kappa shape index (κ1) is 21.2. The number of benzene rings is 2. The number of amides is 1. The number of nitrogens with zero attached hydrogens (tertiary/aromatic N) is 2. The minimum atomic E-state index is -0.939. The maximum absolute atomic E-state index is 12.4. The van der Waals surface area contributed by atoms with Gasteiger partial charge in [0.15, 0.2) is 6.10 Å². The van der Waals surface area contributed by atoms with E-state index in [-0.39, 0.29) is 18.4 Å². The summed E-state index contributed by atoms with van der Waals surface area (Å²) in [5.74, 6) is -0.433. The third kappa shape index (κ3) is 4.74. The van der Waals surface area contributed by atoms with Gasteiger partial charge >= 0.3 is 5.97 Å².